The summed E-state index contributed by atoms with van der Waals surface area (Å²) in [6.07, 6.45) is 0. The number of imidazole rings is 1. The first-order valence-corrected chi connectivity index (χ1v) is 11.2. The van der Waals surface area contributed by atoms with E-state index in [4.69, 9.17) is 4.74 Å². The first kappa shape index (κ1) is 23.6. The third-order valence-corrected chi connectivity index (χ3v) is 6.21. The van der Waals surface area contributed by atoms with Crippen LogP contribution in [0.4, 0.5) is 5.95 Å². The van der Waals surface area contributed by atoms with Crippen molar-refractivity contribution >= 4 is 40.4 Å². The number of hydrogen-bond donors (Lipinski definition) is 4. The Hall–Kier alpha value is -5.12. The highest BCUT2D eigenvalue weighted by Gasteiger charge is 2.48. The molecule has 1 amide bonds. The Kier molecular flexibility index (Phi) is 5.63. The maximum Gasteiger partial charge on any atom is 0.335 e. The quantitative estimate of drug-likeness (QED) is 0.183. The van der Waals surface area contributed by atoms with Gasteiger partial charge in [-0.3, -0.25) is 14.5 Å². The summed E-state index contributed by atoms with van der Waals surface area (Å²) in [6, 6.07) is 14.1. The summed E-state index contributed by atoms with van der Waals surface area (Å²) in [5.74, 6) is -3.16. The van der Waals surface area contributed by atoms with E-state index in [1.54, 1.807) is 18.2 Å². The normalized spacial score (nSPS) is 16.9. The number of aromatic amines is 1. The lowest BCUT2D eigenvalue weighted by molar-refractivity contribution is -0.132. The van der Waals surface area contributed by atoms with Gasteiger partial charge in [0.25, 0.3) is 5.78 Å². The summed E-state index contributed by atoms with van der Waals surface area (Å²) in [7, 11) is 1.43. The molecule has 0 bridgehead atoms. The number of aliphatic hydroxyl groups excluding tert-OH is 1. The van der Waals surface area contributed by atoms with Gasteiger partial charge in [-0.2, -0.15) is 0 Å². The number of ether oxygens (including phenoxy) is 1. The number of nitrogens with one attached hydrogen (secondary N) is 1. The van der Waals surface area contributed by atoms with Gasteiger partial charge in [0, 0.05) is 0 Å². The number of phenolic OH excluding ortho intramolecular Hbond substituents is 1. The molecule has 2 heterocycles. The van der Waals surface area contributed by atoms with Crippen LogP contribution < -0.4 is 9.64 Å². The molecule has 1 aliphatic rings. The number of aromatic nitrogens is 2. The lowest BCUT2D eigenvalue weighted by Gasteiger charge is -2.23. The van der Waals surface area contributed by atoms with Gasteiger partial charge in [-0.25, -0.2) is 9.78 Å². The number of carbonyl (C=O) groups is 3. The molecule has 1 saturated heterocycles. The Labute approximate surface area is 210 Å². The number of aromatic carboxylic acids is 1. The second-order valence-corrected chi connectivity index (χ2v) is 8.56. The van der Waals surface area contributed by atoms with E-state index in [9.17, 15) is 29.7 Å². The van der Waals surface area contributed by atoms with Crippen molar-refractivity contribution in [3.8, 4) is 11.5 Å². The number of H-pyrrole nitrogens is 1. The number of benzene rings is 3. The number of carboxylic acids is 1. The monoisotopic (exact) mass is 499 g/mol. The first-order chi connectivity index (χ1) is 17.7. The summed E-state index contributed by atoms with van der Waals surface area (Å²) in [5, 5.41) is 30.5. The second kappa shape index (κ2) is 8.83. The Morgan fingerprint density at radius 1 is 1.03 bits per heavy atom. The number of aromatic hydroxyl groups is 1. The van der Waals surface area contributed by atoms with Gasteiger partial charge < -0.3 is 25.0 Å². The van der Waals surface area contributed by atoms with E-state index in [1.807, 2.05) is 6.92 Å². The maximum absolute atomic E-state index is 13.4. The number of amides is 1. The molecular formula is C27H21N3O7. The third kappa shape index (κ3) is 3.94. The van der Waals surface area contributed by atoms with Crippen molar-refractivity contribution in [1.29, 1.82) is 0 Å². The van der Waals surface area contributed by atoms with Gasteiger partial charge in [0.05, 0.1) is 40.9 Å². The highest BCUT2D eigenvalue weighted by atomic mass is 16.5. The molecule has 3 aromatic carbocycles. The average molecular weight is 499 g/mol. The number of phenols is 1. The van der Waals surface area contributed by atoms with E-state index >= 15 is 0 Å². The number of ketones is 1. The lowest BCUT2D eigenvalue weighted by Crippen LogP contribution is -2.30. The number of rotatable bonds is 5. The van der Waals surface area contributed by atoms with E-state index in [0.29, 0.717) is 22.3 Å². The summed E-state index contributed by atoms with van der Waals surface area (Å²) < 4.78 is 5.38. The summed E-state index contributed by atoms with van der Waals surface area (Å²) >= 11 is 0. The van der Waals surface area contributed by atoms with Crippen molar-refractivity contribution in [3.63, 3.8) is 0 Å². The van der Waals surface area contributed by atoms with Gasteiger partial charge >= 0.3 is 11.9 Å². The maximum atomic E-state index is 13.4. The molecule has 0 spiro atoms. The molecular weight excluding hydrogens is 478 g/mol. The molecule has 1 aliphatic heterocycles. The Balaban J connectivity index is 1.74. The van der Waals surface area contributed by atoms with Crippen molar-refractivity contribution in [2.24, 2.45) is 0 Å². The van der Waals surface area contributed by atoms with Crippen LogP contribution in [0.3, 0.4) is 0 Å². The summed E-state index contributed by atoms with van der Waals surface area (Å²) in [4.78, 5) is 46.6. The number of fused-ring (bicyclic) bond motifs is 1. The lowest BCUT2D eigenvalue weighted by atomic mass is 9.94. The summed E-state index contributed by atoms with van der Waals surface area (Å²) in [5.41, 5.74) is 2.02. The summed E-state index contributed by atoms with van der Waals surface area (Å²) in [6.45, 7) is 1.81. The zero-order valence-corrected chi connectivity index (χ0v) is 19.7. The number of methoxy groups -OCH3 is 1. The van der Waals surface area contributed by atoms with E-state index in [-0.39, 0.29) is 28.4 Å². The number of aliphatic hydroxyl groups is 1. The number of carbonyl (C=O) groups excluding carboxylic acids is 2. The van der Waals surface area contributed by atoms with Crippen LogP contribution in [0, 0.1) is 6.92 Å². The zero-order chi connectivity index (χ0) is 26.4. The van der Waals surface area contributed by atoms with E-state index < -0.39 is 29.5 Å². The number of Topliss-reactive ketones (excluding diaryl/α,β-unsaturated/α-hetero) is 1. The first-order valence-electron chi connectivity index (χ1n) is 11.2. The topological polar surface area (TPSA) is 153 Å². The fraction of sp³-hybridized carbons (Fsp3) is 0.111. The molecule has 37 heavy (non-hydrogen) atoms. The molecule has 10 heteroatoms. The van der Waals surface area contributed by atoms with Gasteiger partial charge in [0.15, 0.2) is 0 Å². The van der Waals surface area contributed by atoms with Crippen LogP contribution >= 0.6 is 0 Å². The smallest absolute Gasteiger partial charge is 0.335 e. The van der Waals surface area contributed by atoms with Gasteiger partial charge in [-0.1, -0.05) is 23.8 Å². The van der Waals surface area contributed by atoms with Gasteiger partial charge in [0.2, 0.25) is 5.95 Å². The standard InChI is InChI=1S/C27H21N3O7/c1-13-3-10-20(37-2)17(11-13)23(32)21-22(14-4-7-16(31)8-5-14)30(25(34)24(21)33)27-28-18-9-6-15(26(35)36)12-19(18)29-27/h3-12,22,31-32H,1-2H3,(H,28,29)(H,35,36)/b23-21+. The Morgan fingerprint density at radius 3 is 2.43 bits per heavy atom. The Bertz CT molecular complexity index is 1620. The van der Waals surface area contributed by atoms with Crippen LogP contribution in [0.2, 0.25) is 0 Å². The molecule has 1 fully saturated rings. The predicted octanol–water partition coefficient (Wildman–Crippen LogP) is 3.91. The van der Waals surface area contributed by atoms with Crippen molar-refractivity contribution in [3.05, 3.63) is 88.5 Å². The Morgan fingerprint density at radius 2 is 1.76 bits per heavy atom. The molecule has 1 unspecified atom stereocenters. The van der Waals surface area contributed by atoms with E-state index in [1.165, 1.54) is 49.6 Å². The highest BCUT2D eigenvalue weighted by molar-refractivity contribution is 6.51. The largest absolute Gasteiger partial charge is 0.508 e. The molecule has 0 radical (unpaired) electrons. The van der Waals surface area contributed by atoms with Crippen LogP contribution in [0.5, 0.6) is 11.5 Å². The molecule has 0 saturated carbocycles. The van der Waals surface area contributed by atoms with Crippen molar-refractivity contribution in [2.75, 3.05) is 12.0 Å². The van der Waals surface area contributed by atoms with Crippen LogP contribution in [0.25, 0.3) is 16.8 Å². The minimum Gasteiger partial charge on any atom is -0.508 e. The van der Waals surface area contributed by atoms with E-state index in [0.717, 1.165) is 10.5 Å². The molecule has 1 atom stereocenters. The van der Waals surface area contributed by atoms with Crippen LogP contribution in [0.1, 0.15) is 33.1 Å². The van der Waals surface area contributed by atoms with Crippen LogP contribution in [-0.4, -0.2) is 50.1 Å². The van der Waals surface area contributed by atoms with Crippen molar-refractivity contribution in [1.82, 2.24) is 9.97 Å². The molecule has 1 aromatic heterocycles. The molecule has 4 aromatic rings. The van der Waals surface area contributed by atoms with Gasteiger partial charge in [0.1, 0.15) is 17.3 Å². The van der Waals surface area contributed by atoms with Crippen LogP contribution in [-0.2, 0) is 9.59 Å². The van der Waals surface area contributed by atoms with E-state index in [2.05, 4.69) is 9.97 Å². The predicted molar refractivity (Wildman–Crippen MR) is 134 cm³/mol. The molecule has 5 rings (SSSR count). The van der Waals surface area contributed by atoms with Crippen molar-refractivity contribution in [2.45, 2.75) is 13.0 Å². The minimum absolute atomic E-state index is 0.00651. The second-order valence-electron chi connectivity index (χ2n) is 8.56. The number of carboxylic acid groups (broad SMARTS) is 1. The molecule has 10 nitrogen and oxygen atoms in total. The number of nitrogens with zero attached hydrogens (tertiary/aromatic N) is 2. The number of hydrogen-bond acceptors (Lipinski definition) is 7. The fourth-order valence-corrected chi connectivity index (χ4v) is 4.42. The van der Waals surface area contributed by atoms with Crippen molar-refractivity contribution < 1.29 is 34.4 Å². The fourth-order valence-electron chi connectivity index (χ4n) is 4.42. The zero-order valence-electron chi connectivity index (χ0n) is 19.7. The molecule has 4 N–H and O–H groups in total. The molecule has 186 valence electrons. The third-order valence-electron chi connectivity index (χ3n) is 6.21. The number of anilines is 1. The van der Waals surface area contributed by atoms with Crippen LogP contribution in [0.15, 0.2) is 66.2 Å². The number of aryl methyl sites for hydroxylation is 1. The SMILES string of the molecule is COc1ccc(C)cc1/C(O)=C1\C(=O)C(=O)N(c2nc3ccc(C(=O)O)cc3[nH]2)C1c1ccc(O)cc1. The molecule has 0 aliphatic carbocycles. The van der Waals surface area contributed by atoms with Gasteiger partial charge in [-0.15, -0.1) is 0 Å². The van der Waals surface area contributed by atoms with Gasteiger partial charge in [-0.05, 0) is 55.0 Å². The highest BCUT2D eigenvalue weighted by Crippen LogP contribution is 2.43. The average Bonchev–Trinajstić information content (AvgIpc) is 3.41. The minimum atomic E-state index is -1.13.